The Hall–Kier alpha value is -2.71. The predicted octanol–water partition coefficient (Wildman–Crippen LogP) is 13.0. The van der Waals surface area contributed by atoms with E-state index < -0.39 is 22.5 Å². The maximum Gasteiger partial charge on any atom is 0.312 e. The molecule has 0 amide bonds. The zero-order chi connectivity index (χ0) is 47.0. The number of rotatable bonds is 12. The van der Waals surface area contributed by atoms with E-state index in [9.17, 15) is 19.5 Å². The molecule has 352 valence electrons. The number of ether oxygens (including phenoxy) is 2. The van der Waals surface area contributed by atoms with Gasteiger partial charge in [0.15, 0.2) is 5.78 Å². The number of fused-ring (bicyclic) bond motifs is 7. The number of hydrogen-bond acceptors (Lipinski definition) is 7. The van der Waals surface area contributed by atoms with Crippen LogP contribution in [0.4, 0.5) is 0 Å². The number of aliphatic hydroxyl groups excluding tert-OH is 1. The van der Waals surface area contributed by atoms with Gasteiger partial charge in [-0.1, -0.05) is 102 Å². The molecule has 1 N–H and O–H groups in total. The van der Waals surface area contributed by atoms with Gasteiger partial charge in [-0.2, -0.15) is 0 Å². The molecule has 0 spiro atoms. The van der Waals surface area contributed by atoms with Crippen LogP contribution in [0.15, 0.2) is 59.7 Å². The van der Waals surface area contributed by atoms with E-state index in [0.717, 1.165) is 68.1 Å². The van der Waals surface area contributed by atoms with Crippen molar-refractivity contribution in [2.45, 2.75) is 178 Å². The monoisotopic (exact) mass is 918 g/mol. The van der Waals surface area contributed by atoms with Gasteiger partial charge >= 0.3 is 11.9 Å². The van der Waals surface area contributed by atoms with Gasteiger partial charge in [0.1, 0.15) is 11.7 Å². The highest BCUT2D eigenvalue weighted by atomic mass is 35.5. The van der Waals surface area contributed by atoms with Gasteiger partial charge in [0, 0.05) is 46.9 Å². The van der Waals surface area contributed by atoms with Crippen LogP contribution in [-0.4, -0.2) is 52.1 Å². The number of aliphatic hydroxyl groups is 1. The highest BCUT2D eigenvalue weighted by Gasteiger charge is 2.71. The first kappa shape index (κ1) is 49.2. The Labute approximate surface area is 394 Å². The first-order chi connectivity index (χ1) is 29.7. The van der Waals surface area contributed by atoms with E-state index in [0.29, 0.717) is 47.9 Å². The molecule has 5 aliphatic carbocycles. The molecular weight excluding hydrogens is 842 g/mol. The maximum atomic E-state index is 14.5. The average Bonchev–Trinajstić information content (AvgIpc) is 3.50. The number of Topliss-reactive ketones (excluding diaryl/α,β-unsaturated/α-hetero) is 1. The lowest BCUT2D eigenvalue weighted by Crippen LogP contribution is -2.66. The third-order valence-electron chi connectivity index (χ3n) is 17.9. The minimum absolute atomic E-state index is 0.0191. The van der Waals surface area contributed by atoms with Gasteiger partial charge in [-0.25, -0.2) is 0 Å². The van der Waals surface area contributed by atoms with Crippen LogP contribution in [0.1, 0.15) is 158 Å². The largest absolute Gasteiger partial charge is 0.462 e. The normalized spacial score (nSPS) is 33.0. The number of ketones is 1. The van der Waals surface area contributed by atoms with Gasteiger partial charge in [-0.05, 0) is 167 Å². The molecule has 4 fully saturated rings. The third kappa shape index (κ3) is 8.80. The molecule has 4 saturated carbocycles. The standard InChI is InChI=1S/C55H77Cl2NO6/c1-34(2)46-40(59)29-55(43(60)33-58(31-35-13-17-37(56)18-14-35)32-36-15-19-38(57)20-16-36)28-27-53(11)39(47(46)55)21-22-42-52(10)25-24-44(51(8,9)41(52)23-26-54(42,53)12)63-45(61)30-50(6,7)48(62)64-49(3,4)5/h13-20,34,39,41-44,60H,21-33H2,1-12H3/t39-,41?,42-,43+,44+,52+,53-,54-,55+/m1/s1. The van der Waals surface area contributed by atoms with E-state index in [2.05, 4.69) is 77.6 Å². The number of allylic oxidation sites excluding steroid dienone is 1. The quantitative estimate of drug-likeness (QED) is 0.212. The SMILES string of the molecule is CC(C)C1=C2[C@H]3CC[C@@H]4[C@@]5(C)CC[C@H](OC(=O)CC(C)(C)C(=O)OC(C)(C)C)C(C)(C)C5CC[C@@]4(C)[C@]3(C)CC[C@@]2([C@@H](O)CN(Cc2ccc(Cl)cc2)Cc2ccc(Cl)cc2)CC1=O. The van der Waals surface area contributed by atoms with Crippen molar-refractivity contribution in [1.29, 1.82) is 0 Å². The molecular formula is C55H77Cl2NO6. The van der Waals surface area contributed by atoms with Crippen molar-refractivity contribution in [2.75, 3.05) is 6.54 Å². The van der Waals surface area contributed by atoms with E-state index in [1.807, 2.05) is 45.0 Å². The lowest BCUT2D eigenvalue weighted by molar-refractivity contribution is -0.235. The summed E-state index contributed by atoms with van der Waals surface area (Å²) in [7, 11) is 0. The molecule has 0 aromatic heterocycles. The van der Waals surface area contributed by atoms with Gasteiger partial charge in [0.05, 0.1) is 17.9 Å². The van der Waals surface area contributed by atoms with Crippen LogP contribution >= 0.6 is 23.2 Å². The molecule has 64 heavy (non-hydrogen) atoms. The second-order valence-corrected chi connectivity index (χ2v) is 25.1. The van der Waals surface area contributed by atoms with Gasteiger partial charge in [-0.15, -0.1) is 0 Å². The average molecular weight is 919 g/mol. The van der Waals surface area contributed by atoms with Crippen LogP contribution in [0.25, 0.3) is 0 Å². The summed E-state index contributed by atoms with van der Waals surface area (Å²) in [5.41, 5.74) is 2.03. The third-order valence-corrected chi connectivity index (χ3v) is 18.4. The number of hydrogen-bond donors (Lipinski definition) is 1. The molecule has 0 saturated heterocycles. The summed E-state index contributed by atoms with van der Waals surface area (Å²) in [5, 5.41) is 14.3. The van der Waals surface area contributed by atoms with E-state index in [1.165, 1.54) is 5.57 Å². The smallest absolute Gasteiger partial charge is 0.312 e. The summed E-state index contributed by atoms with van der Waals surface area (Å²) < 4.78 is 12.0. The summed E-state index contributed by atoms with van der Waals surface area (Å²) >= 11 is 12.6. The first-order valence-corrected chi connectivity index (χ1v) is 25.0. The van der Waals surface area contributed by atoms with Gasteiger partial charge in [0.2, 0.25) is 0 Å². The van der Waals surface area contributed by atoms with Crippen LogP contribution < -0.4 is 0 Å². The fourth-order valence-corrected chi connectivity index (χ4v) is 14.9. The highest BCUT2D eigenvalue weighted by molar-refractivity contribution is 6.30. The number of nitrogens with zero attached hydrogens (tertiary/aromatic N) is 1. The minimum atomic E-state index is -0.991. The minimum Gasteiger partial charge on any atom is -0.462 e. The second-order valence-electron chi connectivity index (χ2n) is 24.2. The molecule has 0 radical (unpaired) electrons. The zero-order valence-electron chi connectivity index (χ0n) is 41.0. The number of carbonyl (C=O) groups excluding carboxylic acids is 3. The van der Waals surface area contributed by atoms with Crippen LogP contribution in [0.5, 0.6) is 0 Å². The van der Waals surface area contributed by atoms with Crippen LogP contribution in [0.2, 0.25) is 10.0 Å². The Morgan fingerprint density at radius 2 is 1.36 bits per heavy atom. The maximum absolute atomic E-state index is 14.5. The van der Waals surface area contributed by atoms with E-state index >= 15 is 0 Å². The fraction of sp³-hybridized carbons (Fsp3) is 0.691. The van der Waals surface area contributed by atoms with Crippen molar-refractivity contribution in [3.8, 4) is 0 Å². The molecule has 0 heterocycles. The van der Waals surface area contributed by atoms with Crippen molar-refractivity contribution >= 4 is 40.9 Å². The van der Waals surface area contributed by atoms with Crippen molar-refractivity contribution in [3.63, 3.8) is 0 Å². The zero-order valence-corrected chi connectivity index (χ0v) is 42.5. The molecule has 9 atom stereocenters. The van der Waals surface area contributed by atoms with Crippen LogP contribution in [0.3, 0.4) is 0 Å². The van der Waals surface area contributed by atoms with E-state index in [4.69, 9.17) is 32.7 Å². The van der Waals surface area contributed by atoms with Crippen molar-refractivity contribution in [1.82, 2.24) is 4.90 Å². The molecule has 7 nitrogen and oxygen atoms in total. The van der Waals surface area contributed by atoms with Gasteiger partial charge in [-0.3, -0.25) is 19.3 Å². The molecule has 0 aliphatic heterocycles. The van der Waals surface area contributed by atoms with Gasteiger partial charge < -0.3 is 14.6 Å². The number of esters is 2. The predicted molar refractivity (Wildman–Crippen MR) is 257 cm³/mol. The fourth-order valence-electron chi connectivity index (χ4n) is 14.6. The van der Waals surface area contributed by atoms with Crippen molar-refractivity contribution in [2.24, 2.45) is 56.2 Å². The van der Waals surface area contributed by atoms with Crippen molar-refractivity contribution in [3.05, 3.63) is 80.8 Å². The lowest BCUT2D eigenvalue weighted by atomic mass is 9.33. The topological polar surface area (TPSA) is 93.1 Å². The number of carbonyl (C=O) groups is 3. The molecule has 1 unspecified atom stereocenters. The molecule has 2 aromatic carbocycles. The summed E-state index contributed by atoms with van der Waals surface area (Å²) in [5.74, 6) is 0.611. The van der Waals surface area contributed by atoms with Crippen molar-refractivity contribution < 1.29 is 29.0 Å². The van der Waals surface area contributed by atoms with Crippen LogP contribution in [-0.2, 0) is 36.9 Å². The Kier molecular flexibility index (Phi) is 13.4. The lowest BCUT2D eigenvalue weighted by Gasteiger charge is -2.72. The molecule has 7 rings (SSSR count). The molecule has 0 bridgehead atoms. The van der Waals surface area contributed by atoms with E-state index in [-0.39, 0.29) is 63.7 Å². The Morgan fingerprint density at radius 1 is 0.781 bits per heavy atom. The van der Waals surface area contributed by atoms with Gasteiger partial charge in [0.25, 0.3) is 0 Å². The second kappa shape index (κ2) is 17.4. The summed E-state index contributed by atoms with van der Waals surface area (Å²) in [6, 6.07) is 15.9. The first-order valence-electron chi connectivity index (χ1n) is 24.3. The number of benzene rings is 2. The molecule has 9 heteroatoms. The summed E-state index contributed by atoms with van der Waals surface area (Å²) in [6.45, 7) is 27.4. The molecule has 2 aromatic rings. The molecule has 5 aliphatic rings. The van der Waals surface area contributed by atoms with Crippen LogP contribution in [0, 0.1) is 56.2 Å². The number of halogens is 2. The Morgan fingerprint density at radius 3 is 1.91 bits per heavy atom. The highest BCUT2D eigenvalue weighted by Crippen LogP contribution is 2.77. The van der Waals surface area contributed by atoms with E-state index in [1.54, 1.807) is 13.8 Å². The summed E-state index contributed by atoms with van der Waals surface area (Å²) in [6.07, 6.45) is 7.13. The summed E-state index contributed by atoms with van der Waals surface area (Å²) in [4.78, 5) is 43.5. The Balaban J connectivity index is 1.14. The Bertz CT molecular complexity index is 2070.